The Kier molecular flexibility index (Phi) is 8.08. The van der Waals surface area contributed by atoms with E-state index in [4.69, 9.17) is 14.5 Å². The summed E-state index contributed by atoms with van der Waals surface area (Å²) in [5, 5.41) is 12.3. The van der Waals surface area contributed by atoms with Crippen LogP contribution in [0.15, 0.2) is 211 Å². The maximum Gasteiger partial charge on any atom is 0.145 e. The number of nitrogens with zero attached hydrogens (tertiary/aromatic N) is 4. The van der Waals surface area contributed by atoms with Crippen molar-refractivity contribution in [2.45, 2.75) is 6.54 Å². The number of hydrogen-bond donors (Lipinski definition) is 0. The predicted octanol–water partition coefficient (Wildman–Crippen LogP) is 14.4. The highest BCUT2D eigenvalue weighted by Gasteiger charge is 2.20. The van der Waals surface area contributed by atoms with Crippen molar-refractivity contribution in [1.82, 2.24) is 14.6 Å². The number of hydrogen-bond acceptors (Lipinski definition) is 3. The number of para-hydroxylation sites is 2. The fourth-order valence-electron chi connectivity index (χ4n) is 9.46. The lowest BCUT2D eigenvalue weighted by molar-refractivity contribution is -0.737. The molecule has 63 heavy (non-hydrogen) atoms. The molecule has 0 unspecified atom stereocenters. The molecule has 0 N–H and O–H groups in total. The zero-order valence-corrected chi connectivity index (χ0v) is 34.8. The van der Waals surface area contributed by atoms with Crippen LogP contribution in [0.3, 0.4) is 0 Å². The highest BCUT2D eigenvalue weighted by molar-refractivity contribution is 7.26. The van der Waals surface area contributed by atoms with Crippen LogP contribution in [0.5, 0.6) is 0 Å². The van der Waals surface area contributed by atoms with Gasteiger partial charge in [0, 0.05) is 47.6 Å². The Morgan fingerprint density at radius 2 is 1.16 bits per heavy atom. The summed E-state index contributed by atoms with van der Waals surface area (Å²) in [5.41, 5.74) is 13.0. The second kappa shape index (κ2) is 14.3. The maximum atomic E-state index is 6.66. The van der Waals surface area contributed by atoms with Gasteiger partial charge in [-0.05, 0) is 99.9 Å². The number of furan rings is 1. The second-order valence-corrected chi connectivity index (χ2v) is 17.2. The molecular formula is C57H36N4OS. The SMILES string of the molecule is c1ccc(C[n+]2[n-]c(-c3cc(-c4ccc(-c5ccc6c(c5)c5c7oc8ccccc8c7ccc5n6-c5ccccc5)cc4)cc4c3sc3ccccc34)nc2-c2ccccc2)cc1. The minimum atomic E-state index is 0.622. The Hall–Kier alpha value is -8.06. The molecule has 296 valence electrons. The molecule has 0 saturated carbocycles. The van der Waals surface area contributed by atoms with Crippen molar-refractivity contribution in [3.8, 4) is 50.7 Å². The molecule has 0 bridgehead atoms. The third-order valence-electron chi connectivity index (χ3n) is 12.4. The fourth-order valence-corrected chi connectivity index (χ4v) is 10.7. The van der Waals surface area contributed by atoms with Crippen LogP contribution in [0.25, 0.3) is 115 Å². The average molecular weight is 825 g/mol. The van der Waals surface area contributed by atoms with Crippen LogP contribution in [-0.4, -0.2) is 9.55 Å². The van der Waals surface area contributed by atoms with Gasteiger partial charge in [-0.2, -0.15) is 0 Å². The Morgan fingerprint density at radius 3 is 1.97 bits per heavy atom. The van der Waals surface area contributed by atoms with Gasteiger partial charge in [-0.1, -0.05) is 146 Å². The van der Waals surface area contributed by atoms with Gasteiger partial charge in [-0.3, -0.25) is 9.78 Å². The summed E-state index contributed by atoms with van der Waals surface area (Å²) in [4.78, 5) is 5.30. The lowest BCUT2D eigenvalue weighted by Crippen LogP contribution is -2.40. The minimum absolute atomic E-state index is 0.622. The highest BCUT2D eigenvalue weighted by Crippen LogP contribution is 2.44. The molecule has 9 aromatic carbocycles. The van der Waals surface area contributed by atoms with Crippen LogP contribution in [-0.2, 0) is 6.54 Å². The minimum Gasteiger partial charge on any atom is -0.455 e. The summed E-state index contributed by atoms with van der Waals surface area (Å²) >= 11 is 1.81. The van der Waals surface area contributed by atoms with E-state index in [2.05, 4.69) is 199 Å². The summed E-state index contributed by atoms with van der Waals surface area (Å²) in [6.45, 7) is 0.622. The van der Waals surface area contributed by atoms with E-state index in [0.717, 1.165) is 94.5 Å². The molecular weight excluding hydrogens is 789 g/mol. The van der Waals surface area contributed by atoms with Crippen LogP contribution >= 0.6 is 11.3 Å². The van der Waals surface area contributed by atoms with Gasteiger partial charge in [0.25, 0.3) is 0 Å². The van der Waals surface area contributed by atoms with Crippen molar-refractivity contribution >= 4 is 75.3 Å². The first-order valence-electron chi connectivity index (χ1n) is 21.3. The number of thiophene rings is 1. The molecule has 5 nitrogen and oxygen atoms in total. The topological polar surface area (TPSA) is 48.9 Å². The Labute approximate surface area is 366 Å². The van der Waals surface area contributed by atoms with Crippen molar-refractivity contribution < 1.29 is 9.10 Å². The van der Waals surface area contributed by atoms with Gasteiger partial charge < -0.3 is 14.0 Å². The van der Waals surface area contributed by atoms with E-state index in [1.807, 2.05) is 28.2 Å². The van der Waals surface area contributed by atoms with Gasteiger partial charge in [0.1, 0.15) is 23.5 Å². The van der Waals surface area contributed by atoms with Crippen LogP contribution < -0.4 is 9.78 Å². The average Bonchev–Trinajstić information content (AvgIpc) is 4.12. The van der Waals surface area contributed by atoms with Crippen molar-refractivity contribution in [2.24, 2.45) is 0 Å². The number of benzene rings is 9. The summed E-state index contributed by atoms with van der Waals surface area (Å²) in [6.07, 6.45) is 0. The lowest BCUT2D eigenvalue weighted by Gasteiger charge is -2.11. The van der Waals surface area contributed by atoms with Gasteiger partial charge in [0.2, 0.25) is 0 Å². The molecule has 0 amide bonds. The van der Waals surface area contributed by atoms with Crippen LogP contribution in [0.2, 0.25) is 0 Å². The molecule has 0 saturated heterocycles. The standard InChI is InChI=1S/C57H36N4OS/c1-4-14-36(15-5-1)35-60-57(39-16-6-2-7-17-39)58-56(59-60)48-34-41(33-46-44-21-11-13-23-52(44)63-55(46)48)38-26-24-37(25-27-38)40-28-30-49-47(32-40)53-50(61(49)42-18-8-3-9-19-42)31-29-45-43-20-10-12-22-51(43)62-54(45)53/h1-34H,35H2. The largest absolute Gasteiger partial charge is 0.455 e. The first-order chi connectivity index (χ1) is 31.2. The highest BCUT2D eigenvalue weighted by atomic mass is 32.1. The molecule has 13 rings (SSSR count). The molecule has 6 heteroatoms. The van der Waals surface area contributed by atoms with Gasteiger partial charge in [0.15, 0.2) is 0 Å². The van der Waals surface area contributed by atoms with Gasteiger partial charge in [0.05, 0.1) is 16.4 Å². The first-order valence-corrected chi connectivity index (χ1v) is 22.1. The molecule has 4 heterocycles. The predicted molar refractivity (Wildman–Crippen MR) is 260 cm³/mol. The summed E-state index contributed by atoms with van der Waals surface area (Å²) in [5.74, 6) is 1.57. The van der Waals surface area contributed by atoms with Crippen molar-refractivity contribution in [1.29, 1.82) is 0 Å². The Bertz CT molecular complexity index is 3860. The Morgan fingerprint density at radius 1 is 0.508 bits per heavy atom. The van der Waals surface area contributed by atoms with Crippen molar-refractivity contribution in [3.63, 3.8) is 0 Å². The molecule has 0 aliphatic carbocycles. The molecule has 13 aromatic rings. The molecule has 4 aromatic heterocycles. The van der Waals surface area contributed by atoms with E-state index in [1.54, 1.807) is 0 Å². The monoisotopic (exact) mass is 824 g/mol. The Balaban J connectivity index is 0.952. The molecule has 0 spiro atoms. The molecule has 0 radical (unpaired) electrons. The zero-order valence-electron chi connectivity index (χ0n) is 33.9. The van der Waals surface area contributed by atoms with E-state index >= 15 is 0 Å². The van der Waals surface area contributed by atoms with Gasteiger partial charge in [-0.15, -0.1) is 11.3 Å². The van der Waals surface area contributed by atoms with Crippen LogP contribution in [0.1, 0.15) is 5.56 Å². The van der Waals surface area contributed by atoms with Gasteiger partial charge >= 0.3 is 0 Å². The third-order valence-corrected chi connectivity index (χ3v) is 13.7. The fraction of sp³-hybridized carbons (Fsp3) is 0.0175. The van der Waals surface area contributed by atoms with Gasteiger partial charge in [-0.25, -0.2) is 0 Å². The third kappa shape index (κ3) is 5.83. The maximum absolute atomic E-state index is 6.66. The number of rotatable bonds is 7. The van der Waals surface area contributed by atoms with Crippen molar-refractivity contribution in [3.05, 3.63) is 212 Å². The summed E-state index contributed by atoms with van der Waals surface area (Å²) < 4.78 is 13.5. The normalized spacial score (nSPS) is 11.9. The molecule has 0 atom stereocenters. The van der Waals surface area contributed by atoms with E-state index in [-0.39, 0.29) is 0 Å². The molecule has 0 aliphatic heterocycles. The molecule has 0 fully saturated rings. The van der Waals surface area contributed by atoms with Crippen LogP contribution in [0, 0.1) is 0 Å². The van der Waals surface area contributed by atoms with Crippen molar-refractivity contribution in [2.75, 3.05) is 0 Å². The van der Waals surface area contributed by atoms with E-state index in [0.29, 0.717) is 6.54 Å². The van der Waals surface area contributed by atoms with E-state index < -0.39 is 0 Å². The smallest absolute Gasteiger partial charge is 0.145 e. The van der Waals surface area contributed by atoms with Crippen LogP contribution in [0.4, 0.5) is 0 Å². The zero-order chi connectivity index (χ0) is 41.4. The quantitative estimate of drug-likeness (QED) is 0.150. The first kappa shape index (κ1) is 35.7. The lowest BCUT2D eigenvalue weighted by atomic mass is 9.96. The number of aromatic nitrogens is 4. The van der Waals surface area contributed by atoms with E-state index in [9.17, 15) is 0 Å². The number of fused-ring (bicyclic) bond motifs is 10. The summed E-state index contributed by atoms with van der Waals surface area (Å²) in [6, 6.07) is 73.4. The molecule has 0 aliphatic rings. The summed E-state index contributed by atoms with van der Waals surface area (Å²) in [7, 11) is 0. The van der Waals surface area contributed by atoms with E-state index in [1.165, 1.54) is 25.7 Å². The second-order valence-electron chi connectivity index (χ2n) is 16.2.